The van der Waals surface area contributed by atoms with Crippen LogP contribution in [0.2, 0.25) is 0 Å². The second kappa shape index (κ2) is 11.2. The highest BCUT2D eigenvalue weighted by molar-refractivity contribution is 7.98. The van der Waals surface area contributed by atoms with E-state index in [0.717, 1.165) is 34.0 Å². The number of hydrogen-bond donors (Lipinski definition) is 0. The van der Waals surface area contributed by atoms with Crippen LogP contribution < -0.4 is 0 Å². The van der Waals surface area contributed by atoms with Gasteiger partial charge in [0.25, 0.3) is 0 Å². The van der Waals surface area contributed by atoms with Gasteiger partial charge >= 0.3 is 0 Å². The number of furan rings is 1. The monoisotopic (exact) mass is 477 g/mol. The van der Waals surface area contributed by atoms with Crippen LogP contribution in [0, 0.1) is 0 Å². The minimum Gasteiger partial charge on any atom is -0.455 e. The predicted molar refractivity (Wildman–Crippen MR) is 143 cm³/mol. The first-order valence-electron chi connectivity index (χ1n) is 11.6. The van der Waals surface area contributed by atoms with Gasteiger partial charge in [0.2, 0.25) is 0 Å². The molecule has 0 atom stereocenters. The first-order chi connectivity index (χ1) is 17.3. The minimum atomic E-state index is 0.712. The number of hydrogen-bond acceptors (Lipinski definition) is 5. The molecule has 174 valence electrons. The average Bonchev–Trinajstić information content (AvgIpc) is 3.29. The van der Waals surface area contributed by atoms with Crippen molar-refractivity contribution in [1.82, 2.24) is 14.9 Å². The molecule has 0 saturated heterocycles. The van der Waals surface area contributed by atoms with Crippen molar-refractivity contribution in [2.45, 2.75) is 24.5 Å². The Morgan fingerprint density at radius 3 is 1.63 bits per heavy atom. The normalized spacial score (nSPS) is 11.1. The van der Waals surface area contributed by atoms with Gasteiger partial charge in [-0.3, -0.25) is 14.9 Å². The number of pyridine rings is 2. The van der Waals surface area contributed by atoms with E-state index in [2.05, 4.69) is 81.8 Å². The fraction of sp³-hybridized carbons (Fsp3) is 0.133. The third kappa shape index (κ3) is 5.53. The van der Waals surface area contributed by atoms with Crippen molar-refractivity contribution in [2.24, 2.45) is 0 Å². The highest BCUT2D eigenvalue weighted by Crippen LogP contribution is 2.42. The molecule has 0 spiro atoms. The second-order valence-corrected chi connectivity index (χ2v) is 9.11. The van der Waals surface area contributed by atoms with Crippen molar-refractivity contribution < 1.29 is 4.42 Å². The minimum absolute atomic E-state index is 0.712. The summed E-state index contributed by atoms with van der Waals surface area (Å²) in [5.74, 6) is 1.84. The zero-order valence-electron chi connectivity index (χ0n) is 19.7. The van der Waals surface area contributed by atoms with Gasteiger partial charge in [-0.15, -0.1) is 11.8 Å². The zero-order chi connectivity index (χ0) is 23.9. The number of aromatic nitrogens is 2. The lowest BCUT2D eigenvalue weighted by molar-refractivity contribution is 0.240. The van der Waals surface area contributed by atoms with Crippen molar-refractivity contribution in [1.29, 1.82) is 0 Å². The molecule has 4 nitrogen and oxygen atoms in total. The van der Waals surface area contributed by atoms with E-state index in [-0.39, 0.29) is 0 Å². The van der Waals surface area contributed by atoms with E-state index in [1.165, 1.54) is 10.5 Å². The van der Waals surface area contributed by atoms with Crippen LogP contribution >= 0.6 is 11.8 Å². The van der Waals surface area contributed by atoms with Gasteiger partial charge in [-0.2, -0.15) is 0 Å². The highest BCUT2D eigenvalue weighted by Gasteiger charge is 2.24. The molecule has 0 aliphatic heterocycles. The average molecular weight is 478 g/mol. The molecule has 5 rings (SSSR count). The van der Waals surface area contributed by atoms with Crippen LogP contribution in [0.5, 0.6) is 0 Å². The van der Waals surface area contributed by atoms with E-state index in [0.29, 0.717) is 19.6 Å². The molecule has 35 heavy (non-hydrogen) atoms. The van der Waals surface area contributed by atoms with E-state index in [1.54, 1.807) is 11.8 Å². The van der Waals surface area contributed by atoms with Crippen LogP contribution in [0.4, 0.5) is 0 Å². The van der Waals surface area contributed by atoms with Gasteiger partial charge in [0, 0.05) is 48.7 Å². The van der Waals surface area contributed by atoms with Gasteiger partial charge in [0.05, 0.1) is 16.3 Å². The molecule has 0 bridgehead atoms. The van der Waals surface area contributed by atoms with Crippen LogP contribution in [0.3, 0.4) is 0 Å². The molecule has 3 heterocycles. The molecule has 0 N–H and O–H groups in total. The maximum Gasteiger partial charge on any atom is 0.148 e. The van der Waals surface area contributed by atoms with Gasteiger partial charge in [0.15, 0.2) is 0 Å². The summed E-state index contributed by atoms with van der Waals surface area (Å²) in [5, 5.41) is 0. The Labute approximate surface area is 210 Å². The van der Waals surface area contributed by atoms with Crippen LogP contribution in [-0.2, 0) is 19.6 Å². The van der Waals surface area contributed by atoms with Crippen molar-refractivity contribution in [3.63, 3.8) is 0 Å². The summed E-state index contributed by atoms with van der Waals surface area (Å²) in [6.07, 6.45) is 5.82. The number of benzene rings is 2. The van der Waals surface area contributed by atoms with Gasteiger partial charge < -0.3 is 4.42 Å². The molecule has 0 amide bonds. The third-order valence-electron chi connectivity index (χ3n) is 5.84. The Bertz CT molecular complexity index is 1300. The molecular formula is C30H27N3OS. The van der Waals surface area contributed by atoms with Gasteiger partial charge in [0.1, 0.15) is 11.5 Å². The van der Waals surface area contributed by atoms with Crippen LogP contribution in [-0.4, -0.2) is 21.1 Å². The maximum atomic E-state index is 6.63. The largest absolute Gasteiger partial charge is 0.455 e. The lowest BCUT2D eigenvalue weighted by Gasteiger charge is -2.22. The van der Waals surface area contributed by atoms with E-state index in [9.17, 15) is 0 Å². The van der Waals surface area contributed by atoms with E-state index >= 15 is 0 Å². The second-order valence-electron chi connectivity index (χ2n) is 8.29. The van der Waals surface area contributed by atoms with Gasteiger partial charge in [-0.05, 0) is 30.5 Å². The van der Waals surface area contributed by atoms with Gasteiger partial charge in [-0.1, -0.05) is 72.8 Å². The Balaban J connectivity index is 1.59. The maximum absolute atomic E-state index is 6.63. The number of nitrogens with zero attached hydrogens (tertiary/aromatic N) is 3. The summed E-state index contributed by atoms with van der Waals surface area (Å²) in [4.78, 5) is 12.7. The van der Waals surface area contributed by atoms with E-state index < -0.39 is 0 Å². The van der Waals surface area contributed by atoms with E-state index in [1.807, 2.05) is 48.8 Å². The van der Waals surface area contributed by atoms with Crippen molar-refractivity contribution in [3.8, 4) is 22.6 Å². The standard InChI is InChI=1S/C30H27N3OS/c1-35-30-27(22-33(20-25-16-8-10-18-31-25)21-26-17-9-11-19-32-26)28(23-12-4-2-5-13-23)34-29(30)24-14-6-3-7-15-24/h2-19H,20-22H2,1H3. The first kappa shape index (κ1) is 23.1. The van der Waals surface area contributed by atoms with Crippen LogP contribution in [0.25, 0.3) is 22.6 Å². The summed E-state index contributed by atoms with van der Waals surface area (Å²) < 4.78 is 6.63. The Morgan fingerprint density at radius 2 is 1.14 bits per heavy atom. The fourth-order valence-corrected chi connectivity index (χ4v) is 4.99. The molecule has 0 aliphatic rings. The molecule has 0 aliphatic carbocycles. The van der Waals surface area contributed by atoms with Crippen LogP contribution in [0.15, 0.2) is 119 Å². The molecule has 0 saturated carbocycles. The SMILES string of the molecule is CSc1c(-c2ccccc2)oc(-c2ccccc2)c1CN(Cc1ccccn1)Cc1ccccn1. The molecule has 0 radical (unpaired) electrons. The first-order valence-corrected chi connectivity index (χ1v) is 12.9. The smallest absolute Gasteiger partial charge is 0.148 e. The van der Waals surface area contributed by atoms with Crippen LogP contribution in [0.1, 0.15) is 17.0 Å². The summed E-state index contributed by atoms with van der Waals surface area (Å²) >= 11 is 1.74. The summed E-state index contributed by atoms with van der Waals surface area (Å²) in [7, 11) is 0. The summed E-state index contributed by atoms with van der Waals surface area (Å²) in [6.45, 7) is 2.14. The van der Waals surface area contributed by atoms with Crippen molar-refractivity contribution in [2.75, 3.05) is 6.26 Å². The van der Waals surface area contributed by atoms with Gasteiger partial charge in [-0.25, -0.2) is 0 Å². The lowest BCUT2D eigenvalue weighted by atomic mass is 10.1. The molecule has 3 aromatic heterocycles. The Morgan fingerprint density at radius 1 is 0.629 bits per heavy atom. The highest BCUT2D eigenvalue weighted by atomic mass is 32.2. The van der Waals surface area contributed by atoms with Crippen molar-refractivity contribution >= 4 is 11.8 Å². The summed E-state index contributed by atoms with van der Waals surface area (Å²) in [6, 6.07) is 32.9. The molecule has 2 aromatic carbocycles. The number of thioether (sulfide) groups is 1. The van der Waals surface area contributed by atoms with E-state index in [4.69, 9.17) is 4.42 Å². The molecular weight excluding hydrogens is 450 g/mol. The Hall–Kier alpha value is -3.67. The summed E-state index contributed by atoms with van der Waals surface area (Å²) in [5.41, 5.74) is 5.41. The zero-order valence-corrected chi connectivity index (χ0v) is 20.5. The van der Waals surface area contributed by atoms with Crippen molar-refractivity contribution in [3.05, 3.63) is 126 Å². The molecule has 5 heteroatoms. The quantitative estimate of drug-likeness (QED) is 0.208. The fourth-order valence-electron chi connectivity index (χ4n) is 4.24. The number of rotatable bonds is 9. The molecule has 5 aromatic rings. The predicted octanol–water partition coefficient (Wildman–Crippen LogP) is 7.33. The lowest BCUT2D eigenvalue weighted by Crippen LogP contribution is -2.23. The topological polar surface area (TPSA) is 42.2 Å². The molecule has 0 unspecified atom stereocenters. The Kier molecular flexibility index (Phi) is 7.37. The third-order valence-corrected chi connectivity index (χ3v) is 6.68. The molecule has 0 fully saturated rings.